The summed E-state index contributed by atoms with van der Waals surface area (Å²) >= 11 is -1.50. The van der Waals surface area contributed by atoms with E-state index in [4.69, 9.17) is 0 Å². The summed E-state index contributed by atoms with van der Waals surface area (Å²) < 4.78 is 5.90. The third-order valence-corrected chi connectivity index (χ3v) is 11.8. The van der Waals surface area contributed by atoms with E-state index in [-0.39, 0.29) is 5.41 Å². The maximum absolute atomic E-state index is 2.55. The molecule has 0 aliphatic heterocycles. The van der Waals surface area contributed by atoms with E-state index in [1.807, 2.05) is 0 Å². The Morgan fingerprint density at radius 1 is 0.958 bits per heavy atom. The Morgan fingerprint density at radius 3 is 2.17 bits per heavy atom. The van der Waals surface area contributed by atoms with E-state index in [0.29, 0.717) is 0 Å². The minimum absolute atomic E-state index is 0.212. The molecule has 1 aliphatic carbocycles. The molecule has 24 heavy (non-hydrogen) atoms. The van der Waals surface area contributed by atoms with E-state index >= 15 is 0 Å². The Bertz CT molecular complexity index is 758. The first-order chi connectivity index (χ1) is 11.3. The molecule has 1 heteroatoms. The van der Waals surface area contributed by atoms with Crippen LogP contribution in [0.3, 0.4) is 0 Å². The van der Waals surface area contributed by atoms with Crippen molar-refractivity contribution in [1.82, 2.24) is 0 Å². The van der Waals surface area contributed by atoms with Gasteiger partial charge < -0.3 is 0 Å². The van der Waals surface area contributed by atoms with E-state index in [1.54, 1.807) is 11.1 Å². The van der Waals surface area contributed by atoms with Crippen molar-refractivity contribution < 1.29 is 21.4 Å². The summed E-state index contributed by atoms with van der Waals surface area (Å²) in [6, 6.07) is 16.2. The first-order valence-electron chi connectivity index (χ1n) is 9.07. The SMILES string of the molecule is CCC1=Cc2c(-c3ccc(C(C)(C)C)cc3)cccc2[CH]1[Hf]([CH3])[CH3]. The van der Waals surface area contributed by atoms with Gasteiger partial charge in [-0.25, -0.2) is 0 Å². The molecule has 0 heterocycles. The van der Waals surface area contributed by atoms with Crippen LogP contribution in [0.4, 0.5) is 0 Å². The van der Waals surface area contributed by atoms with Gasteiger partial charge in [-0.1, -0.05) is 0 Å². The van der Waals surface area contributed by atoms with Crippen LogP contribution in [0.1, 0.15) is 54.5 Å². The minimum atomic E-state index is -1.50. The molecule has 1 aliphatic rings. The predicted molar refractivity (Wildman–Crippen MR) is 103 cm³/mol. The number of rotatable bonds is 3. The summed E-state index contributed by atoms with van der Waals surface area (Å²) in [4.78, 5) is 0. The molecule has 2 aromatic rings. The van der Waals surface area contributed by atoms with Crippen LogP contribution in [0.2, 0.25) is 9.36 Å². The average molecular weight is 484 g/mol. The van der Waals surface area contributed by atoms with Crippen LogP contribution in [0.25, 0.3) is 17.2 Å². The molecule has 0 saturated heterocycles. The molecule has 1 atom stereocenters. The molecule has 0 spiro atoms. The van der Waals surface area contributed by atoms with Crippen molar-refractivity contribution in [2.24, 2.45) is 0 Å². The summed E-state index contributed by atoms with van der Waals surface area (Å²) in [5.74, 6) is 0. The van der Waals surface area contributed by atoms with Gasteiger partial charge in [0.1, 0.15) is 0 Å². The molecule has 0 aromatic heterocycles. The summed E-state index contributed by atoms with van der Waals surface area (Å²) in [6.07, 6.45) is 3.70. The molecule has 0 nitrogen and oxygen atoms in total. The van der Waals surface area contributed by atoms with Crippen molar-refractivity contribution in [1.29, 1.82) is 0 Å². The first kappa shape index (κ1) is 17.9. The van der Waals surface area contributed by atoms with Gasteiger partial charge in [-0.2, -0.15) is 0 Å². The van der Waals surface area contributed by atoms with Gasteiger partial charge in [0.15, 0.2) is 0 Å². The van der Waals surface area contributed by atoms with Crippen LogP contribution >= 0.6 is 0 Å². The number of hydrogen-bond acceptors (Lipinski definition) is 0. The van der Waals surface area contributed by atoms with Gasteiger partial charge in [0, 0.05) is 0 Å². The predicted octanol–water partition coefficient (Wildman–Crippen LogP) is 7.21. The van der Waals surface area contributed by atoms with E-state index < -0.39 is 21.4 Å². The van der Waals surface area contributed by atoms with E-state index in [1.165, 1.54) is 28.7 Å². The molecule has 3 rings (SSSR count). The molecule has 0 bridgehead atoms. The number of hydrogen-bond donors (Lipinski definition) is 0. The second-order valence-corrected chi connectivity index (χ2v) is 18.0. The zero-order chi connectivity index (χ0) is 17.5. The average Bonchev–Trinajstić information content (AvgIpc) is 2.92. The topological polar surface area (TPSA) is 0 Å². The molecule has 0 fully saturated rings. The third kappa shape index (κ3) is 3.25. The van der Waals surface area contributed by atoms with Crippen molar-refractivity contribution in [3.8, 4) is 11.1 Å². The number of allylic oxidation sites excluding steroid dienone is 1. The molecule has 0 N–H and O–H groups in total. The third-order valence-electron chi connectivity index (χ3n) is 5.20. The summed E-state index contributed by atoms with van der Waals surface area (Å²) in [5, 5.41) is 0. The van der Waals surface area contributed by atoms with Crippen molar-refractivity contribution in [3.63, 3.8) is 0 Å². The Kier molecular flexibility index (Phi) is 5.02. The molecule has 0 radical (unpaired) electrons. The van der Waals surface area contributed by atoms with Crippen LogP contribution in [0.15, 0.2) is 48.0 Å². The van der Waals surface area contributed by atoms with Crippen LogP contribution in [0, 0.1) is 0 Å². The van der Waals surface area contributed by atoms with Gasteiger partial charge in [-0.15, -0.1) is 0 Å². The normalized spacial score (nSPS) is 16.8. The van der Waals surface area contributed by atoms with Gasteiger partial charge in [-0.3, -0.25) is 0 Å². The van der Waals surface area contributed by atoms with Gasteiger partial charge in [-0.05, 0) is 0 Å². The van der Waals surface area contributed by atoms with Crippen LogP contribution in [-0.4, -0.2) is 0 Å². The standard InChI is InChI=1S/C21H23.2CH3.Hf/c1-5-15-13-17-7-6-8-19(20(17)14-15)16-9-11-18(12-10-16)21(2,3)4;;;/h6-14H,5H2,1-4H3;2*1H3;. The zero-order valence-corrected chi connectivity index (χ0v) is 19.5. The van der Waals surface area contributed by atoms with Gasteiger partial charge in [0.05, 0.1) is 0 Å². The van der Waals surface area contributed by atoms with Crippen molar-refractivity contribution >= 4 is 6.08 Å². The quantitative estimate of drug-likeness (QED) is 0.404. The van der Waals surface area contributed by atoms with Crippen molar-refractivity contribution in [2.75, 3.05) is 0 Å². The van der Waals surface area contributed by atoms with Gasteiger partial charge in [0.2, 0.25) is 0 Å². The van der Waals surface area contributed by atoms with E-state index in [9.17, 15) is 0 Å². The second-order valence-electron chi connectivity index (χ2n) is 8.22. The van der Waals surface area contributed by atoms with Crippen LogP contribution in [-0.2, 0) is 26.9 Å². The van der Waals surface area contributed by atoms with Crippen LogP contribution in [0.5, 0.6) is 0 Å². The molecule has 1 unspecified atom stereocenters. The Morgan fingerprint density at radius 2 is 1.62 bits per heavy atom. The Hall–Kier alpha value is -0.950. The van der Waals surface area contributed by atoms with Crippen LogP contribution < -0.4 is 0 Å². The fourth-order valence-electron chi connectivity index (χ4n) is 3.85. The van der Waals surface area contributed by atoms with Crippen molar-refractivity contribution in [2.45, 2.75) is 52.6 Å². The molecule has 0 amide bonds. The van der Waals surface area contributed by atoms with Crippen molar-refractivity contribution in [3.05, 3.63) is 64.7 Å². The monoisotopic (exact) mass is 485 g/mol. The molecular formula is C23H29Hf. The summed E-state index contributed by atoms with van der Waals surface area (Å²) in [6.45, 7) is 9.15. The van der Waals surface area contributed by atoms with E-state index in [2.05, 4.69) is 85.6 Å². The fraction of sp³-hybridized carbons (Fsp3) is 0.391. The number of fused-ring (bicyclic) bond motifs is 1. The molecule has 2 aromatic carbocycles. The maximum atomic E-state index is 2.55. The zero-order valence-electron chi connectivity index (χ0n) is 15.9. The van der Waals surface area contributed by atoms with Gasteiger partial charge >= 0.3 is 156 Å². The first-order valence-corrected chi connectivity index (χ1v) is 18.3. The fourth-order valence-corrected chi connectivity index (χ4v) is 10.7. The summed E-state index contributed by atoms with van der Waals surface area (Å²) in [7, 11) is 0. The Labute approximate surface area is 155 Å². The number of benzene rings is 2. The Balaban J connectivity index is 2.08. The summed E-state index contributed by atoms with van der Waals surface area (Å²) in [5.41, 5.74) is 9.16. The second kappa shape index (κ2) is 6.75. The molecular weight excluding hydrogens is 455 g/mol. The molecule has 0 saturated carbocycles. The van der Waals surface area contributed by atoms with Gasteiger partial charge in [0.25, 0.3) is 0 Å². The molecule has 125 valence electrons. The van der Waals surface area contributed by atoms with E-state index in [0.717, 1.165) is 3.67 Å².